The molecule has 2 aromatic rings. The molecule has 1 aromatic heterocycles. The molecule has 0 atom stereocenters. The molecule has 0 spiro atoms. The molecule has 0 bridgehead atoms. The summed E-state index contributed by atoms with van der Waals surface area (Å²) in [4.78, 5) is 14.9. The van der Waals surface area contributed by atoms with E-state index in [2.05, 4.69) is 22.4 Å². The van der Waals surface area contributed by atoms with Crippen LogP contribution in [0, 0.1) is 0 Å². The molecule has 0 aliphatic carbocycles. The number of H-pyrrole nitrogens is 1. The van der Waals surface area contributed by atoms with E-state index in [1.54, 1.807) is 6.21 Å². The van der Waals surface area contributed by atoms with E-state index in [1.165, 1.54) is 32.1 Å². The topological polar surface area (TPSA) is 57.2 Å². The number of benzene rings is 1. The fraction of sp³-hybridized carbons (Fsp3) is 0.474. The first-order chi connectivity index (χ1) is 11.3. The molecule has 4 heteroatoms. The standard InChI is InChI=1S/C19H27N3O/c1-2-3-4-5-6-7-8-13-19(23)22-21-15-16-14-20-18-12-10-9-11-17(16)18/h9-12,14-15,20H,2-8,13H2,1H3,(H,22,23)/b21-15+. The summed E-state index contributed by atoms with van der Waals surface area (Å²) < 4.78 is 0. The zero-order valence-corrected chi connectivity index (χ0v) is 14.0. The van der Waals surface area contributed by atoms with Gasteiger partial charge in [0.25, 0.3) is 0 Å². The number of rotatable bonds is 10. The van der Waals surface area contributed by atoms with Gasteiger partial charge in [0.05, 0.1) is 6.21 Å². The van der Waals surface area contributed by atoms with Crippen LogP contribution < -0.4 is 5.43 Å². The lowest BCUT2D eigenvalue weighted by atomic mass is 10.1. The summed E-state index contributed by atoms with van der Waals surface area (Å²) in [7, 11) is 0. The second kappa shape index (κ2) is 9.82. The zero-order chi connectivity index (χ0) is 16.3. The van der Waals surface area contributed by atoms with E-state index in [1.807, 2.05) is 30.5 Å². The highest BCUT2D eigenvalue weighted by molar-refractivity contribution is 5.99. The normalized spacial score (nSPS) is 11.3. The first-order valence-electron chi connectivity index (χ1n) is 8.69. The van der Waals surface area contributed by atoms with Crippen molar-refractivity contribution in [2.45, 2.75) is 58.3 Å². The first-order valence-corrected chi connectivity index (χ1v) is 8.69. The Morgan fingerprint density at radius 2 is 1.87 bits per heavy atom. The van der Waals surface area contributed by atoms with Crippen LogP contribution in [0.4, 0.5) is 0 Å². The van der Waals surface area contributed by atoms with E-state index in [0.717, 1.165) is 29.3 Å². The van der Waals surface area contributed by atoms with Crippen molar-refractivity contribution in [2.24, 2.45) is 5.10 Å². The minimum atomic E-state index is -0.00495. The Kier molecular flexibility index (Phi) is 7.37. The molecule has 0 aliphatic rings. The SMILES string of the molecule is CCCCCCCCCC(=O)N/N=C/c1c[nH]c2ccccc12. The maximum Gasteiger partial charge on any atom is 0.240 e. The van der Waals surface area contributed by atoms with Gasteiger partial charge in [0.1, 0.15) is 0 Å². The first kappa shape index (κ1) is 17.3. The Balaban J connectivity index is 1.64. The molecule has 124 valence electrons. The van der Waals surface area contributed by atoms with Crippen molar-refractivity contribution in [2.75, 3.05) is 0 Å². The summed E-state index contributed by atoms with van der Waals surface area (Å²) in [5, 5.41) is 5.17. The third kappa shape index (κ3) is 5.89. The molecule has 1 amide bonds. The molecular weight excluding hydrogens is 286 g/mol. The van der Waals surface area contributed by atoms with Crippen LogP contribution in [0.5, 0.6) is 0 Å². The third-order valence-corrected chi connectivity index (χ3v) is 4.02. The molecule has 0 unspecified atom stereocenters. The number of carbonyl (C=O) groups excluding carboxylic acids is 1. The quantitative estimate of drug-likeness (QED) is 0.371. The number of aromatic nitrogens is 1. The van der Waals surface area contributed by atoms with Gasteiger partial charge in [-0.2, -0.15) is 5.10 Å². The fourth-order valence-corrected chi connectivity index (χ4v) is 2.67. The van der Waals surface area contributed by atoms with E-state index >= 15 is 0 Å². The number of hydrazone groups is 1. The van der Waals surface area contributed by atoms with Crippen molar-refractivity contribution >= 4 is 23.0 Å². The molecule has 2 rings (SSSR count). The number of nitrogens with zero attached hydrogens (tertiary/aromatic N) is 1. The minimum Gasteiger partial charge on any atom is -0.361 e. The van der Waals surface area contributed by atoms with E-state index in [9.17, 15) is 4.79 Å². The van der Waals surface area contributed by atoms with Gasteiger partial charge in [0.2, 0.25) is 5.91 Å². The van der Waals surface area contributed by atoms with Gasteiger partial charge in [0.15, 0.2) is 0 Å². The number of carbonyl (C=O) groups is 1. The Morgan fingerprint density at radius 1 is 1.13 bits per heavy atom. The predicted molar refractivity (Wildman–Crippen MR) is 96.6 cm³/mol. The molecule has 0 aliphatic heterocycles. The molecule has 0 saturated carbocycles. The zero-order valence-electron chi connectivity index (χ0n) is 14.0. The smallest absolute Gasteiger partial charge is 0.240 e. The van der Waals surface area contributed by atoms with E-state index in [0.29, 0.717) is 6.42 Å². The number of unbranched alkanes of at least 4 members (excludes halogenated alkanes) is 6. The molecule has 1 heterocycles. The number of aromatic amines is 1. The van der Waals surface area contributed by atoms with E-state index in [4.69, 9.17) is 0 Å². The predicted octanol–water partition coefficient (Wildman–Crippen LogP) is 4.76. The van der Waals surface area contributed by atoms with Crippen molar-refractivity contribution in [1.82, 2.24) is 10.4 Å². The van der Waals surface area contributed by atoms with Gasteiger partial charge in [0, 0.05) is 29.1 Å². The second-order valence-electron chi connectivity index (χ2n) is 5.95. The van der Waals surface area contributed by atoms with Crippen molar-refractivity contribution in [1.29, 1.82) is 0 Å². The highest BCUT2D eigenvalue weighted by atomic mass is 16.2. The lowest BCUT2D eigenvalue weighted by Crippen LogP contribution is -2.16. The van der Waals surface area contributed by atoms with E-state index < -0.39 is 0 Å². The van der Waals surface area contributed by atoms with Crippen LogP contribution in [0.15, 0.2) is 35.6 Å². The van der Waals surface area contributed by atoms with Crippen molar-refractivity contribution in [3.8, 4) is 0 Å². The Bertz CT molecular complexity index is 630. The molecule has 23 heavy (non-hydrogen) atoms. The number of hydrogen-bond donors (Lipinski definition) is 2. The lowest BCUT2D eigenvalue weighted by molar-refractivity contribution is -0.121. The third-order valence-electron chi connectivity index (χ3n) is 4.02. The number of nitrogens with one attached hydrogen (secondary N) is 2. The van der Waals surface area contributed by atoms with Gasteiger partial charge in [-0.25, -0.2) is 5.43 Å². The average Bonchev–Trinajstić information content (AvgIpc) is 2.97. The van der Waals surface area contributed by atoms with Gasteiger partial charge in [-0.1, -0.05) is 63.6 Å². The summed E-state index contributed by atoms with van der Waals surface area (Å²) in [5.41, 5.74) is 4.67. The monoisotopic (exact) mass is 313 g/mol. The van der Waals surface area contributed by atoms with Crippen LogP contribution in [-0.4, -0.2) is 17.1 Å². The largest absolute Gasteiger partial charge is 0.361 e. The van der Waals surface area contributed by atoms with Gasteiger partial charge < -0.3 is 4.98 Å². The van der Waals surface area contributed by atoms with Crippen LogP contribution in [0.3, 0.4) is 0 Å². The van der Waals surface area contributed by atoms with E-state index in [-0.39, 0.29) is 5.91 Å². The number of fused-ring (bicyclic) bond motifs is 1. The summed E-state index contributed by atoms with van der Waals surface area (Å²) in [6.07, 6.45) is 12.7. The Morgan fingerprint density at radius 3 is 2.70 bits per heavy atom. The minimum absolute atomic E-state index is 0.00495. The number of amides is 1. The van der Waals surface area contributed by atoms with Crippen LogP contribution in [0.25, 0.3) is 10.9 Å². The maximum absolute atomic E-state index is 11.7. The molecule has 1 aromatic carbocycles. The van der Waals surface area contributed by atoms with Crippen molar-refractivity contribution in [3.63, 3.8) is 0 Å². The molecule has 4 nitrogen and oxygen atoms in total. The molecule has 0 fully saturated rings. The Hall–Kier alpha value is -2.10. The summed E-state index contributed by atoms with van der Waals surface area (Å²) in [6, 6.07) is 8.04. The summed E-state index contributed by atoms with van der Waals surface area (Å²) >= 11 is 0. The van der Waals surface area contributed by atoms with Crippen LogP contribution in [-0.2, 0) is 4.79 Å². The second-order valence-corrected chi connectivity index (χ2v) is 5.95. The van der Waals surface area contributed by atoms with Gasteiger partial charge in [-0.15, -0.1) is 0 Å². The van der Waals surface area contributed by atoms with Gasteiger partial charge >= 0.3 is 0 Å². The molecule has 2 N–H and O–H groups in total. The summed E-state index contributed by atoms with van der Waals surface area (Å²) in [6.45, 7) is 2.22. The maximum atomic E-state index is 11.7. The highest BCUT2D eigenvalue weighted by Crippen LogP contribution is 2.15. The van der Waals surface area contributed by atoms with Crippen molar-refractivity contribution < 1.29 is 4.79 Å². The molecule has 0 radical (unpaired) electrons. The Labute approximate surface area is 138 Å². The molecule has 0 saturated heterocycles. The lowest BCUT2D eigenvalue weighted by Gasteiger charge is -2.01. The van der Waals surface area contributed by atoms with Crippen LogP contribution in [0.1, 0.15) is 63.9 Å². The average molecular weight is 313 g/mol. The molecular formula is C19H27N3O. The van der Waals surface area contributed by atoms with Crippen LogP contribution in [0.2, 0.25) is 0 Å². The van der Waals surface area contributed by atoms with Gasteiger partial charge in [-0.05, 0) is 12.5 Å². The fourth-order valence-electron chi connectivity index (χ4n) is 2.67. The number of hydrogen-bond acceptors (Lipinski definition) is 2. The van der Waals surface area contributed by atoms with Crippen molar-refractivity contribution in [3.05, 3.63) is 36.0 Å². The van der Waals surface area contributed by atoms with Crippen LogP contribution >= 0.6 is 0 Å². The van der Waals surface area contributed by atoms with Gasteiger partial charge in [-0.3, -0.25) is 4.79 Å². The summed E-state index contributed by atoms with van der Waals surface area (Å²) in [5.74, 6) is -0.00495. The number of para-hydroxylation sites is 1. The highest BCUT2D eigenvalue weighted by Gasteiger charge is 2.01.